The van der Waals surface area contributed by atoms with E-state index in [1.165, 1.54) is 30.4 Å². The molecule has 1 fully saturated rings. The van der Waals surface area contributed by atoms with E-state index in [4.69, 9.17) is 12.2 Å². The number of hydrogen-bond acceptors (Lipinski definition) is 5. The van der Waals surface area contributed by atoms with Crippen molar-refractivity contribution >= 4 is 46.6 Å². The molecule has 9 heteroatoms. The summed E-state index contributed by atoms with van der Waals surface area (Å²) in [6.07, 6.45) is 5.81. The summed E-state index contributed by atoms with van der Waals surface area (Å²) >= 11 is 5.21. The Hall–Kier alpha value is -3.59. The number of benzene rings is 2. The van der Waals surface area contributed by atoms with Crippen LogP contribution in [0.3, 0.4) is 0 Å². The zero-order valence-corrected chi connectivity index (χ0v) is 17.6. The molecule has 31 heavy (non-hydrogen) atoms. The van der Waals surface area contributed by atoms with E-state index < -0.39 is 10.8 Å². The molecule has 1 heterocycles. The summed E-state index contributed by atoms with van der Waals surface area (Å²) < 4.78 is 0. The van der Waals surface area contributed by atoms with Crippen molar-refractivity contribution < 1.29 is 14.5 Å². The number of non-ortho nitro benzene ring substituents is 1. The third-order valence-electron chi connectivity index (χ3n) is 4.79. The number of carbonyl (C=O) groups is 2. The van der Waals surface area contributed by atoms with Gasteiger partial charge in [0.2, 0.25) is 5.91 Å². The van der Waals surface area contributed by atoms with Gasteiger partial charge in [-0.15, -0.1) is 0 Å². The molecule has 2 aromatic rings. The number of carbonyl (C=O) groups excluding carboxylic acids is 2. The number of piperidine rings is 1. The summed E-state index contributed by atoms with van der Waals surface area (Å²) in [4.78, 5) is 37.2. The number of likely N-dealkylation sites (tertiary alicyclic amines) is 1. The van der Waals surface area contributed by atoms with Crippen molar-refractivity contribution in [3.05, 3.63) is 75.8 Å². The molecule has 0 spiro atoms. The van der Waals surface area contributed by atoms with Gasteiger partial charge in [0.1, 0.15) is 0 Å². The van der Waals surface area contributed by atoms with E-state index in [1.54, 1.807) is 30.3 Å². The van der Waals surface area contributed by atoms with Gasteiger partial charge in [0.25, 0.3) is 11.6 Å². The highest BCUT2D eigenvalue weighted by atomic mass is 32.1. The summed E-state index contributed by atoms with van der Waals surface area (Å²) in [6.45, 7) is 1.47. The lowest BCUT2D eigenvalue weighted by Crippen LogP contribution is -2.37. The van der Waals surface area contributed by atoms with Crippen molar-refractivity contribution in [3.63, 3.8) is 0 Å². The Kier molecular flexibility index (Phi) is 7.45. The number of hydrogen-bond donors (Lipinski definition) is 2. The summed E-state index contributed by atoms with van der Waals surface area (Å²) in [6, 6.07) is 12.9. The number of nitrogens with one attached hydrogen (secondary N) is 2. The minimum Gasteiger partial charge on any atom is -0.339 e. The molecule has 2 amide bonds. The molecule has 0 bridgehead atoms. The Morgan fingerprint density at radius 3 is 2.55 bits per heavy atom. The highest BCUT2D eigenvalue weighted by molar-refractivity contribution is 7.80. The molecule has 2 N–H and O–H groups in total. The fourth-order valence-electron chi connectivity index (χ4n) is 3.27. The number of para-hydroxylation sites is 1. The lowest BCUT2D eigenvalue weighted by Gasteiger charge is -2.27. The molecule has 8 nitrogen and oxygen atoms in total. The molecule has 1 aliphatic heterocycles. The van der Waals surface area contributed by atoms with Crippen molar-refractivity contribution in [1.29, 1.82) is 0 Å². The molecule has 0 atom stereocenters. The maximum Gasteiger partial charge on any atom is 0.270 e. The molecule has 160 valence electrons. The van der Waals surface area contributed by atoms with Crippen LogP contribution in [0.15, 0.2) is 54.6 Å². The number of rotatable bonds is 5. The summed E-state index contributed by atoms with van der Waals surface area (Å²) in [7, 11) is 0. The van der Waals surface area contributed by atoms with Crippen LogP contribution < -0.4 is 10.6 Å². The molecule has 0 aromatic heterocycles. The highest BCUT2D eigenvalue weighted by Crippen LogP contribution is 2.20. The van der Waals surface area contributed by atoms with Crippen molar-refractivity contribution in [2.75, 3.05) is 18.4 Å². The van der Waals surface area contributed by atoms with Gasteiger partial charge in [-0.2, -0.15) is 0 Å². The van der Waals surface area contributed by atoms with Crippen LogP contribution in [0, 0.1) is 10.1 Å². The predicted molar refractivity (Wildman–Crippen MR) is 123 cm³/mol. The first kappa shape index (κ1) is 22.1. The molecule has 0 saturated carbocycles. The predicted octanol–water partition coefficient (Wildman–Crippen LogP) is 3.75. The van der Waals surface area contributed by atoms with E-state index in [9.17, 15) is 19.7 Å². The van der Waals surface area contributed by atoms with Crippen LogP contribution in [-0.2, 0) is 4.79 Å². The van der Waals surface area contributed by atoms with Crippen LogP contribution in [0.4, 0.5) is 11.4 Å². The van der Waals surface area contributed by atoms with Crippen molar-refractivity contribution in [2.24, 2.45) is 0 Å². The topological polar surface area (TPSA) is 105 Å². The Morgan fingerprint density at radius 2 is 1.81 bits per heavy atom. The minimum absolute atomic E-state index is 0.0487. The first-order valence-corrected chi connectivity index (χ1v) is 10.3. The average Bonchev–Trinajstić information content (AvgIpc) is 2.78. The summed E-state index contributed by atoms with van der Waals surface area (Å²) in [5.74, 6) is -0.564. The van der Waals surface area contributed by atoms with Gasteiger partial charge in [-0.25, -0.2) is 0 Å². The van der Waals surface area contributed by atoms with E-state index in [2.05, 4.69) is 10.6 Å². The smallest absolute Gasteiger partial charge is 0.270 e. The zero-order chi connectivity index (χ0) is 22.2. The second-order valence-corrected chi connectivity index (χ2v) is 7.44. The average molecular weight is 439 g/mol. The quantitative estimate of drug-likeness (QED) is 0.319. The van der Waals surface area contributed by atoms with E-state index in [-0.39, 0.29) is 16.7 Å². The number of nitrogens with zero attached hydrogens (tertiary/aromatic N) is 2. The number of amides is 2. The van der Waals surface area contributed by atoms with Crippen LogP contribution in [0.25, 0.3) is 6.08 Å². The second kappa shape index (κ2) is 10.4. The number of nitro benzene ring substituents is 1. The Balaban J connectivity index is 1.62. The third kappa shape index (κ3) is 6.19. The Labute approximate surface area is 185 Å². The van der Waals surface area contributed by atoms with Gasteiger partial charge < -0.3 is 10.2 Å². The van der Waals surface area contributed by atoms with Crippen molar-refractivity contribution in [1.82, 2.24) is 10.2 Å². The molecule has 1 aliphatic rings. The van der Waals surface area contributed by atoms with Crippen LogP contribution >= 0.6 is 12.2 Å². The third-order valence-corrected chi connectivity index (χ3v) is 5.00. The van der Waals surface area contributed by atoms with Gasteiger partial charge in [0, 0.05) is 31.3 Å². The lowest BCUT2D eigenvalue weighted by molar-refractivity contribution is -0.384. The second-order valence-electron chi connectivity index (χ2n) is 7.03. The highest BCUT2D eigenvalue weighted by Gasteiger charge is 2.20. The summed E-state index contributed by atoms with van der Waals surface area (Å²) in [5, 5.41) is 16.3. The zero-order valence-electron chi connectivity index (χ0n) is 16.7. The standard InChI is InChI=1S/C22H22N4O4S/c27-20(12-11-16-7-6-8-17(15-16)26(29)30)24-22(31)23-19-10-3-2-9-18(19)21(28)25-13-4-1-5-14-25/h2-3,6-12,15H,1,4-5,13-14H2,(H2,23,24,27,31)/b12-11+. The first-order chi connectivity index (χ1) is 14.9. The lowest BCUT2D eigenvalue weighted by atomic mass is 10.1. The molecular formula is C22H22N4O4S. The Morgan fingerprint density at radius 1 is 1.06 bits per heavy atom. The number of thiocarbonyl (C=S) groups is 1. The molecule has 0 radical (unpaired) electrons. The van der Waals surface area contributed by atoms with Gasteiger partial charge in [-0.3, -0.25) is 25.0 Å². The van der Waals surface area contributed by atoms with E-state index in [1.807, 2.05) is 4.90 Å². The minimum atomic E-state index is -0.501. The SMILES string of the molecule is O=C(/C=C/c1cccc([N+](=O)[O-])c1)NC(=S)Nc1ccccc1C(=O)N1CCCCC1. The molecule has 0 aliphatic carbocycles. The largest absolute Gasteiger partial charge is 0.339 e. The van der Waals surface area contributed by atoms with Crippen LogP contribution in [0.2, 0.25) is 0 Å². The molecular weight excluding hydrogens is 416 g/mol. The fourth-order valence-corrected chi connectivity index (χ4v) is 3.48. The van der Waals surface area contributed by atoms with E-state index in [0.29, 0.717) is 16.8 Å². The number of nitro groups is 1. The number of anilines is 1. The van der Waals surface area contributed by atoms with Crippen LogP contribution in [0.1, 0.15) is 35.2 Å². The fraction of sp³-hybridized carbons (Fsp3) is 0.227. The van der Waals surface area contributed by atoms with Gasteiger partial charge in [-0.05, 0) is 55.3 Å². The van der Waals surface area contributed by atoms with Crippen LogP contribution in [-0.4, -0.2) is 39.8 Å². The van der Waals surface area contributed by atoms with Crippen molar-refractivity contribution in [3.8, 4) is 0 Å². The van der Waals surface area contributed by atoms with E-state index >= 15 is 0 Å². The first-order valence-electron chi connectivity index (χ1n) is 9.87. The van der Waals surface area contributed by atoms with Crippen molar-refractivity contribution in [2.45, 2.75) is 19.3 Å². The van der Waals surface area contributed by atoms with Crippen LogP contribution in [0.5, 0.6) is 0 Å². The molecule has 2 aromatic carbocycles. The maximum atomic E-state index is 12.9. The van der Waals surface area contributed by atoms with Gasteiger partial charge >= 0.3 is 0 Å². The van der Waals surface area contributed by atoms with Gasteiger partial charge in [0.15, 0.2) is 5.11 Å². The molecule has 0 unspecified atom stereocenters. The molecule has 1 saturated heterocycles. The van der Waals surface area contributed by atoms with Gasteiger partial charge in [0.05, 0.1) is 16.2 Å². The summed E-state index contributed by atoms with van der Waals surface area (Å²) in [5.41, 5.74) is 1.47. The van der Waals surface area contributed by atoms with Gasteiger partial charge in [-0.1, -0.05) is 24.3 Å². The Bertz CT molecular complexity index is 1030. The monoisotopic (exact) mass is 438 g/mol. The van der Waals surface area contributed by atoms with E-state index in [0.717, 1.165) is 32.4 Å². The molecule has 3 rings (SSSR count). The normalized spacial score (nSPS) is 13.6. The maximum absolute atomic E-state index is 12.9.